The van der Waals surface area contributed by atoms with Gasteiger partial charge in [-0.05, 0) is 71.5 Å². The first-order valence-corrected chi connectivity index (χ1v) is 14.5. The summed E-state index contributed by atoms with van der Waals surface area (Å²) in [5.74, 6) is -0.112. The SMILES string of the molecule is CC(C)CCN1CCOCCOc2ccc(C(=O)N(CC(=O)O)Cc3ccc(Cl)cc3)cc2Cc2cccc(c2)C1. The predicted molar refractivity (Wildman–Crippen MR) is 161 cm³/mol. The Morgan fingerprint density at radius 1 is 1.00 bits per heavy atom. The molecule has 41 heavy (non-hydrogen) atoms. The van der Waals surface area contributed by atoms with Crippen LogP contribution in [0.25, 0.3) is 0 Å². The minimum Gasteiger partial charge on any atom is -0.491 e. The maximum Gasteiger partial charge on any atom is 0.323 e. The first-order chi connectivity index (χ1) is 19.8. The van der Waals surface area contributed by atoms with Crippen LogP contribution in [0.4, 0.5) is 0 Å². The molecule has 1 aliphatic rings. The first-order valence-electron chi connectivity index (χ1n) is 14.2. The lowest BCUT2D eigenvalue weighted by Gasteiger charge is -2.24. The van der Waals surface area contributed by atoms with Crippen LogP contribution in [0, 0.1) is 5.92 Å². The Hall–Kier alpha value is -3.39. The van der Waals surface area contributed by atoms with Gasteiger partial charge in [0.2, 0.25) is 0 Å². The van der Waals surface area contributed by atoms with Crippen molar-refractivity contribution < 1.29 is 24.2 Å². The van der Waals surface area contributed by atoms with Crippen molar-refractivity contribution in [1.29, 1.82) is 0 Å². The number of carboxylic acids is 1. The summed E-state index contributed by atoms with van der Waals surface area (Å²) in [5, 5.41) is 10.1. The molecule has 7 nitrogen and oxygen atoms in total. The smallest absolute Gasteiger partial charge is 0.323 e. The molecule has 0 saturated heterocycles. The summed E-state index contributed by atoms with van der Waals surface area (Å²) in [6.07, 6.45) is 1.71. The summed E-state index contributed by atoms with van der Waals surface area (Å²) in [6, 6.07) is 20.9. The van der Waals surface area contributed by atoms with Gasteiger partial charge >= 0.3 is 5.97 Å². The zero-order chi connectivity index (χ0) is 29.2. The van der Waals surface area contributed by atoms with Crippen LogP contribution in [-0.2, 0) is 29.0 Å². The molecule has 8 heteroatoms. The Balaban J connectivity index is 1.60. The van der Waals surface area contributed by atoms with Crippen LogP contribution in [0.2, 0.25) is 5.02 Å². The van der Waals surface area contributed by atoms with Crippen molar-refractivity contribution >= 4 is 23.5 Å². The standard InChI is InChI=1S/C33H39ClN2O5/c1-24(2)12-13-35-14-15-40-16-17-41-31-11-8-28(20-29(31)19-26-4-3-5-27(18-26)21-35)33(39)36(23-32(37)38)22-25-6-9-30(34)10-7-25/h3-11,18,20,24H,12-17,19,21-23H2,1-2H3,(H,37,38). The highest BCUT2D eigenvalue weighted by molar-refractivity contribution is 6.30. The molecule has 0 saturated carbocycles. The number of nitrogens with zero attached hydrogens (tertiary/aromatic N) is 2. The lowest BCUT2D eigenvalue weighted by molar-refractivity contribution is -0.137. The molecule has 1 heterocycles. The van der Waals surface area contributed by atoms with Gasteiger partial charge in [-0.3, -0.25) is 14.5 Å². The molecule has 1 amide bonds. The highest BCUT2D eigenvalue weighted by atomic mass is 35.5. The zero-order valence-electron chi connectivity index (χ0n) is 23.9. The van der Waals surface area contributed by atoms with Crippen LogP contribution in [0.5, 0.6) is 5.75 Å². The fraction of sp³-hybridized carbons (Fsp3) is 0.394. The second-order valence-corrected chi connectivity index (χ2v) is 11.4. The van der Waals surface area contributed by atoms with E-state index in [-0.39, 0.29) is 12.5 Å². The van der Waals surface area contributed by atoms with E-state index in [1.54, 1.807) is 36.4 Å². The van der Waals surface area contributed by atoms with E-state index in [1.807, 2.05) is 6.07 Å². The second-order valence-electron chi connectivity index (χ2n) is 10.9. The van der Waals surface area contributed by atoms with Gasteiger partial charge in [-0.25, -0.2) is 0 Å². The van der Waals surface area contributed by atoms with Crippen LogP contribution in [0.3, 0.4) is 0 Å². The maximum absolute atomic E-state index is 13.6. The molecule has 0 unspecified atom stereocenters. The Morgan fingerprint density at radius 3 is 2.54 bits per heavy atom. The van der Waals surface area contributed by atoms with E-state index >= 15 is 0 Å². The first kappa shape index (κ1) is 30.6. The van der Waals surface area contributed by atoms with Crippen molar-refractivity contribution in [2.75, 3.05) is 39.5 Å². The Kier molecular flexibility index (Phi) is 11.2. The van der Waals surface area contributed by atoms with Crippen molar-refractivity contribution in [3.05, 3.63) is 99.6 Å². The molecule has 3 aromatic carbocycles. The quantitative estimate of drug-likeness (QED) is 0.358. The molecule has 0 atom stereocenters. The van der Waals surface area contributed by atoms with E-state index in [1.165, 1.54) is 10.5 Å². The monoisotopic (exact) mass is 578 g/mol. The van der Waals surface area contributed by atoms with Crippen LogP contribution < -0.4 is 4.74 Å². The van der Waals surface area contributed by atoms with E-state index in [4.69, 9.17) is 21.1 Å². The Morgan fingerprint density at radius 2 is 1.78 bits per heavy atom. The van der Waals surface area contributed by atoms with Gasteiger partial charge in [-0.2, -0.15) is 0 Å². The summed E-state index contributed by atoms with van der Waals surface area (Å²) >= 11 is 6.00. The van der Waals surface area contributed by atoms with Gasteiger partial charge < -0.3 is 19.5 Å². The molecule has 0 fully saturated rings. The van der Waals surface area contributed by atoms with Crippen molar-refractivity contribution in [2.24, 2.45) is 5.92 Å². The van der Waals surface area contributed by atoms with Crippen LogP contribution in [-0.4, -0.2) is 66.2 Å². The number of benzene rings is 3. The van der Waals surface area contributed by atoms with Gasteiger partial charge in [0.1, 0.15) is 18.9 Å². The summed E-state index contributed by atoms with van der Waals surface area (Å²) < 4.78 is 12.0. The van der Waals surface area contributed by atoms with Gasteiger partial charge in [0.25, 0.3) is 5.91 Å². The van der Waals surface area contributed by atoms with E-state index in [0.717, 1.165) is 42.7 Å². The lowest BCUT2D eigenvalue weighted by Crippen LogP contribution is -2.35. The Bertz CT molecular complexity index is 1310. The minimum absolute atomic E-state index is 0.155. The maximum atomic E-state index is 13.6. The molecule has 0 spiro atoms. The third-order valence-corrected chi connectivity index (χ3v) is 7.31. The van der Waals surface area contributed by atoms with E-state index in [9.17, 15) is 14.7 Å². The second kappa shape index (κ2) is 15.0. The number of carbonyl (C=O) groups excluding carboxylic acids is 1. The number of fused-ring (bicyclic) bond motifs is 3. The molecule has 2 bridgehead atoms. The molecule has 3 aromatic rings. The van der Waals surface area contributed by atoms with E-state index < -0.39 is 12.5 Å². The topological polar surface area (TPSA) is 79.3 Å². The molecule has 218 valence electrons. The Labute approximate surface area is 247 Å². The fourth-order valence-electron chi connectivity index (χ4n) is 4.88. The molecular formula is C33H39ClN2O5. The highest BCUT2D eigenvalue weighted by Crippen LogP contribution is 2.26. The summed E-state index contributed by atoms with van der Waals surface area (Å²) in [4.78, 5) is 29.0. The van der Waals surface area contributed by atoms with Gasteiger partial charge in [-0.15, -0.1) is 0 Å². The number of carbonyl (C=O) groups is 2. The molecule has 0 aliphatic carbocycles. The molecule has 0 radical (unpaired) electrons. The third kappa shape index (κ3) is 9.59. The number of halogens is 1. The third-order valence-electron chi connectivity index (χ3n) is 7.06. The summed E-state index contributed by atoms with van der Waals surface area (Å²) in [7, 11) is 0. The molecular weight excluding hydrogens is 540 g/mol. The van der Waals surface area contributed by atoms with Crippen LogP contribution in [0.1, 0.15) is 52.9 Å². The average molecular weight is 579 g/mol. The number of rotatable bonds is 8. The lowest BCUT2D eigenvalue weighted by atomic mass is 9.99. The summed E-state index contributed by atoms with van der Waals surface area (Å²) in [6.45, 7) is 8.45. The van der Waals surface area contributed by atoms with Gasteiger partial charge in [-0.1, -0.05) is 61.8 Å². The van der Waals surface area contributed by atoms with Crippen molar-refractivity contribution in [1.82, 2.24) is 9.80 Å². The molecule has 0 aromatic heterocycles. The van der Waals surface area contributed by atoms with Crippen LogP contribution >= 0.6 is 11.6 Å². The van der Waals surface area contributed by atoms with Gasteiger partial charge in [0.15, 0.2) is 0 Å². The van der Waals surface area contributed by atoms with Crippen molar-refractivity contribution in [3.8, 4) is 5.75 Å². The highest BCUT2D eigenvalue weighted by Gasteiger charge is 2.21. The number of hydrogen-bond donors (Lipinski definition) is 1. The largest absolute Gasteiger partial charge is 0.491 e. The minimum atomic E-state index is -1.08. The summed E-state index contributed by atoms with van der Waals surface area (Å²) in [5.41, 5.74) is 4.43. The van der Waals surface area contributed by atoms with E-state index in [0.29, 0.717) is 48.5 Å². The number of hydrogen-bond acceptors (Lipinski definition) is 5. The van der Waals surface area contributed by atoms with Gasteiger partial charge in [0.05, 0.1) is 13.2 Å². The van der Waals surface area contributed by atoms with Crippen molar-refractivity contribution in [2.45, 2.75) is 39.8 Å². The molecule has 1 aliphatic heterocycles. The predicted octanol–water partition coefficient (Wildman–Crippen LogP) is 5.91. The average Bonchev–Trinajstić information content (AvgIpc) is 2.94. The number of aliphatic carboxylic acids is 1. The van der Waals surface area contributed by atoms with Crippen LogP contribution in [0.15, 0.2) is 66.7 Å². The molecule has 4 rings (SSSR count). The van der Waals surface area contributed by atoms with Gasteiger partial charge in [0, 0.05) is 36.6 Å². The molecule has 1 N–H and O–H groups in total. The van der Waals surface area contributed by atoms with Crippen molar-refractivity contribution in [3.63, 3.8) is 0 Å². The number of amides is 1. The zero-order valence-corrected chi connectivity index (χ0v) is 24.6. The number of carboxylic acid groups (broad SMARTS) is 1. The van der Waals surface area contributed by atoms with E-state index in [2.05, 4.69) is 43.0 Å². The normalized spacial score (nSPS) is 14.5. The number of ether oxygens (including phenoxy) is 2. The fourth-order valence-corrected chi connectivity index (χ4v) is 5.01.